The van der Waals surface area contributed by atoms with Crippen LogP contribution in [0, 0.1) is 0 Å². The summed E-state index contributed by atoms with van der Waals surface area (Å²) in [5.41, 5.74) is 7.76. The third-order valence-electron chi connectivity index (χ3n) is 2.50. The fraction of sp³-hybridized carbons (Fsp3) is 0.0833. The van der Waals surface area contributed by atoms with Gasteiger partial charge in [-0.15, -0.1) is 0 Å². The predicted molar refractivity (Wildman–Crippen MR) is 67.3 cm³/mol. The van der Waals surface area contributed by atoms with Crippen LogP contribution < -0.4 is 11.1 Å². The molecule has 1 atom stereocenters. The molecule has 2 aromatic rings. The maximum absolute atomic E-state index is 5.78. The first-order chi connectivity index (χ1) is 7.83. The molecule has 0 saturated heterocycles. The largest absolute Gasteiger partial charge is 0.399 e. The van der Waals surface area contributed by atoms with E-state index < -0.39 is 0 Å². The van der Waals surface area contributed by atoms with Gasteiger partial charge in [0.15, 0.2) is 0 Å². The van der Waals surface area contributed by atoms with Gasteiger partial charge >= 0.3 is 0 Å². The van der Waals surface area contributed by atoms with Crippen LogP contribution in [0.5, 0.6) is 0 Å². The Bertz CT molecular complexity index is 502. The van der Waals surface area contributed by atoms with Crippen molar-refractivity contribution < 1.29 is 0 Å². The topological polar surface area (TPSA) is 50.9 Å². The summed E-state index contributed by atoms with van der Waals surface area (Å²) in [5, 5.41) is 3.59. The SMILES string of the molecule is Nc1cccc(C2Nc3ncccc3S2)c1. The third-order valence-corrected chi connectivity index (χ3v) is 3.71. The van der Waals surface area contributed by atoms with Gasteiger partial charge in [-0.1, -0.05) is 23.9 Å². The van der Waals surface area contributed by atoms with Gasteiger partial charge < -0.3 is 11.1 Å². The molecule has 80 valence electrons. The number of nitrogens with one attached hydrogen (secondary N) is 1. The molecule has 0 bridgehead atoms. The maximum atomic E-state index is 5.78. The van der Waals surface area contributed by atoms with Gasteiger partial charge in [0, 0.05) is 11.9 Å². The van der Waals surface area contributed by atoms with Gasteiger partial charge in [-0.05, 0) is 29.8 Å². The molecular formula is C12H11N3S. The average molecular weight is 229 g/mol. The number of hydrogen-bond donors (Lipinski definition) is 2. The molecule has 3 rings (SSSR count). The van der Waals surface area contributed by atoms with Crippen LogP contribution in [-0.4, -0.2) is 4.98 Å². The van der Waals surface area contributed by atoms with Crippen molar-refractivity contribution in [3.8, 4) is 0 Å². The fourth-order valence-corrected chi connectivity index (χ4v) is 2.84. The summed E-state index contributed by atoms with van der Waals surface area (Å²) in [7, 11) is 0. The Morgan fingerprint density at radius 2 is 2.19 bits per heavy atom. The van der Waals surface area contributed by atoms with E-state index >= 15 is 0 Å². The summed E-state index contributed by atoms with van der Waals surface area (Å²) >= 11 is 1.77. The van der Waals surface area contributed by atoms with Crippen LogP contribution in [0.25, 0.3) is 0 Å². The van der Waals surface area contributed by atoms with E-state index in [0.717, 1.165) is 11.5 Å². The number of nitrogen functional groups attached to an aromatic ring is 1. The van der Waals surface area contributed by atoms with Crippen molar-refractivity contribution >= 4 is 23.3 Å². The van der Waals surface area contributed by atoms with Crippen LogP contribution in [0.15, 0.2) is 47.5 Å². The Hall–Kier alpha value is -1.68. The van der Waals surface area contributed by atoms with Gasteiger partial charge in [-0.25, -0.2) is 4.98 Å². The molecule has 0 aliphatic carbocycles. The highest BCUT2D eigenvalue weighted by atomic mass is 32.2. The number of anilines is 2. The summed E-state index contributed by atoms with van der Waals surface area (Å²) in [5.74, 6) is 0.958. The Morgan fingerprint density at radius 1 is 1.25 bits per heavy atom. The molecule has 1 aromatic carbocycles. The first-order valence-electron chi connectivity index (χ1n) is 5.06. The number of pyridine rings is 1. The molecular weight excluding hydrogens is 218 g/mol. The lowest BCUT2D eigenvalue weighted by Crippen LogP contribution is -2.02. The van der Waals surface area contributed by atoms with Crippen LogP contribution in [0.1, 0.15) is 10.9 Å². The Morgan fingerprint density at radius 3 is 3.00 bits per heavy atom. The second kappa shape index (κ2) is 3.72. The lowest BCUT2D eigenvalue weighted by atomic mass is 10.2. The van der Waals surface area contributed by atoms with Crippen LogP contribution in [0.2, 0.25) is 0 Å². The van der Waals surface area contributed by atoms with E-state index in [0.29, 0.717) is 0 Å². The number of thioether (sulfide) groups is 1. The first-order valence-corrected chi connectivity index (χ1v) is 5.94. The average Bonchev–Trinajstić information content (AvgIpc) is 2.72. The number of hydrogen-bond acceptors (Lipinski definition) is 4. The van der Waals surface area contributed by atoms with E-state index in [4.69, 9.17) is 5.73 Å². The van der Waals surface area contributed by atoms with Crippen molar-refractivity contribution in [3.63, 3.8) is 0 Å². The summed E-state index contributed by atoms with van der Waals surface area (Å²) in [6.07, 6.45) is 1.80. The number of nitrogens with two attached hydrogens (primary N) is 1. The van der Waals surface area contributed by atoms with E-state index in [-0.39, 0.29) is 5.37 Å². The minimum Gasteiger partial charge on any atom is -0.399 e. The highest BCUT2D eigenvalue weighted by Gasteiger charge is 2.23. The lowest BCUT2D eigenvalue weighted by Gasteiger charge is -2.10. The van der Waals surface area contributed by atoms with Crippen molar-refractivity contribution in [3.05, 3.63) is 48.2 Å². The van der Waals surface area contributed by atoms with Gasteiger partial charge in [0.05, 0.1) is 4.90 Å². The molecule has 0 amide bonds. The normalized spacial score (nSPS) is 17.9. The van der Waals surface area contributed by atoms with Gasteiger partial charge in [0.25, 0.3) is 0 Å². The van der Waals surface area contributed by atoms with E-state index in [9.17, 15) is 0 Å². The van der Waals surface area contributed by atoms with E-state index in [2.05, 4.69) is 22.4 Å². The van der Waals surface area contributed by atoms with Crippen molar-refractivity contribution in [2.75, 3.05) is 11.1 Å². The molecule has 1 aliphatic heterocycles. The van der Waals surface area contributed by atoms with Gasteiger partial charge in [0.2, 0.25) is 0 Å². The summed E-state index contributed by atoms with van der Waals surface area (Å²) < 4.78 is 0. The number of fused-ring (bicyclic) bond motifs is 1. The molecule has 16 heavy (non-hydrogen) atoms. The minimum absolute atomic E-state index is 0.216. The summed E-state index contributed by atoms with van der Waals surface area (Å²) in [6, 6.07) is 12.0. The third kappa shape index (κ3) is 1.61. The number of benzene rings is 1. The van der Waals surface area contributed by atoms with Crippen molar-refractivity contribution in [2.24, 2.45) is 0 Å². The smallest absolute Gasteiger partial charge is 0.140 e. The summed E-state index contributed by atoms with van der Waals surface area (Å²) in [6.45, 7) is 0. The molecule has 0 saturated carbocycles. The Labute approximate surface area is 98.1 Å². The van der Waals surface area contributed by atoms with Crippen LogP contribution >= 0.6 is 11.8 Å². The second-order valence-electron chi connectivity index (χ2n) is 3.66. The Balaban J connectivity index is 1.91. The molecule has 3 nitrogen and oxygen atoms in total. The molecule has 3 N–H and O–H groups in total. The maximum Gasteiger partial charge on any atom is 0.140 e. The van der Waals surface area contributed by atoms with E-state index in [1.807, 2.05) is 24.3 Å². The highest BCUT2D eigenvalue weighted by molar-refractivity contribution is 8.00. The van der Waals surface area contributed by atoms with Crippen LogP contribution in [0.4, 0.5) is 11.5 Å². The van der Waals surface area contributed by atoms with Crippen molar-refractivity contribution in [1.82, 2.24) is 4.98 Å². The van der Waals surface area contributed by atoms with Gasteiger partial charge in [0.1, 0.15) is 11.2 Å². The van der Waals surface area contributed by atoms with Crippen LogP contribution in [-0.2, 0) is 0 Å². The van der Waals surface area contributed by atoms with Crippen LogP contribution in [0.3, 0.4) is 0 Å². The fourth-order valence-electron chi connectivity index (χ4n) is 1.75. The van der Waals surface area contributed by atoms with Gasteiger partial charge in [-0.2, -0.15) is 0 Å². The molecule has 0 fully saturated rings. The van der Waals surface area contributed by atoms with E-state index in [1.54, 1.807) is 18.0 Å². The molecule has 1 aromatic heterocycles. The molecule has 1 aliphatic rings. The van der Waals surface area contributed by atoms with Gasteiger partial charge in [-0.3, -0.25) is 0 Å². The van der Waals surface area contributed by atoms with Crippen molar-refractivity contribution in [2.45, 2.75) is 10.3 Å². The molecule has 0 spiro atoms. The van der Waals surface area contributed by atoms with E-state index in [1.165, 1.54) is 10.5 Å². The first kappa shape index (κ1) is 9.54. The quantitative estimate of drug-likeness (QED) is 0.738. The Kier molecular flexibility index (Phi) is 2.22. The molecule has 2 heterocycles. The standard InChI is InChI=1S/C12H11N3S/c13-9-4-1-3-8(7-9)12-15-11-10(16-12)5-2-6-14-11/h1-7,12H,13H2,(H,14,15). The zero-order valence-electron chi connectivity index (χ0n) is 8.55. The molecule has 0 radical (unpaired) electrons. The van der Waals surface area contributed by atoms with Crippen molar-refractivity contribution in [1.29, 1.82) is 0 Å². The highest BCUT2D eigenvalue weighted by Crippen LogP contribution is 2.45. The minimum atomic E-state index is 0.216. The predicted octanol–water partition coefficient (Wildman–Crippen LogP) is 2.88. The lowest BCUT2D eigenvalue weighted by molar-refractivity contribution is 1.10. The molecule has 4 heteroatoms. The zero-order chi connectivity index (χ0) is 11.0. The monoisotopic (exact) mass is 229 g/mol. The number of rotatable bonds is 1. The second-order valence-corrected chi connectivity index (χ2v) is 4.81. The molecule has 1 unspecified atom stereocenters. The summed E-state index contributed by atoms with van der Waals surface area (Å²) in [4.78, 5) is 5.48. The number of nitrogens with zero attached hydrogens (tertiary/aromatic N) is 1. The zero-order valence-corrected chi connectivity index (χ0v) is 9.37. The number of aromatic nitrogens is 1.